The Morgan fingerprint density at radius 1 is 1.60 bits per heavy atom. The van der Waals surface area contributed by atoms with E-state index in [2.05, 4.69) is 0 Å². The summed E-state index contributed by atoms with van der Waals surface area (Å²) in [5.41, 5.74) is 0. The molecule has 0 aliphatic heterocycles. The van der Waals surface area contributed by atoms with Crippen LogP contribution < -0.4 is 0 Å². The second kappa shape index (κ2) is 24.7. The van der Waals surface area contributed by atoms with Crippen molar-refractivity contribution in [2.75, 3.05) is 0 Å². The van der Waals surface area contributed by atoms with Gasteiger partial charge >= 0.3 is 0 Å². The molecule has 0 aliphatic rings. The first-order chi connectivity index (χ1) is 1.41. The molecule has 0 fully saturated rings. The number of hydrogen-bond donors (Lipinski definition) is 1. The molecule has 36 valence electrons. The Morgan fingerprint density at radius 2 is 1.60 bits per heavy atom. The van der Waals surface area contributed by atoms with Crippen LogP contribution in [0.15, 0.2) is 0 Å². The fraction of sp³-hybridized carbons (Fsp3) is 0. The van der Waals surface area contributed by atoms with Crippen molar-refractivity contribution in [2.45, 2.75) is 0 Å². The van der Waals surface area contributed by atoms with Gasteiger partial charge in [-0.25, -0.2) is 0 Å². The van der Waals surface area contributed by atoms with E-state index in [9.17, 15) is 0 Å². The first-order valence-electron chi connectivity index (χ1n) is 0.494. The van der Waals surface area contributed by atoms with Crippen molar-refractivity contribution < 1.29 is 43.5 Å². The van der Waals surface area contributed by atoms with Gasteiger partial charge in [-0.15, -0.1) is 0 Å². The molecule has 2 nitrogen and oxygen atoms in total. The van der Waals surface area contributed by atoms with Crippen LogP contribution in [0.1, 0.15) is 0 Å². The van der Waals surface area contributed by atoms with Gasteiger partial charge in [0.25, 0.3) is 6.47 Å². The summed E-state index contributed by atoms with van der Waals surface area (Å²) in [5.74, 6) is 0. The molecule has 0 atom stereocenters. The second-order valence-corrected chi connectivity index (χ2v) is 0.105. The van der Waals surface area contributed by atoms with Gasteiger partial charge in [-0.3, -0.25) is 4.79 Å². The minimum absolute atomic E-state index is 0. The summed E-state index contributed by atoms with van der Waals surface area (Å²) in [4.78, 5) is 8.36. The molecule has 0 rings (SSSR count). The van der Waals surface area contributed by atoms with Gasteiger partial charge in [-0.05, 0) is 0 Å². The maximum Gasteiger partial charge on any atom is 0.290 e. The zero-order valence-corrected chi connectivity index (χ0v) is 4.19. The van der Waals surface area contributed by atoms with Crippen LogP contribution >= 0.6 is 0 Å². The van der Waals surface area contributed by atoms with E-state index in [1.54, 1.807) is 0 Å². The van der Waals surface area contributed by atoms with Crippen LogP contribution in [0.4, 0.5) is 0 Å². The zero-order valence-electron chi connectivity index (χ0n) is 2.10. The Morgan fingerprint density at radius 3 is 1.60 bits per heavy atom. The molecule has 0 aromatic rings. The Labute approximate surface area is 50.3 Å². The number of hydrogen-bond acceptors (Lipinski definition) is 1. The van der Waals surface area contributed by atoms with Gasteiger partial charge in [0.05, 0.1) is 0 Å². The molecule has 0 unspecified atom stereocenters. The van der Waals surface area contributed by atoms with Crippen molar-refractivity contribution in [3.8, 4) is 0 Å². The summed E-state index contributed by atoms with van der Waals surface area (Å²) in [7, 11) is 0. The van der Waals surface area contributed by atoms with E-state index < -0.39 is 0 Å². The Bertz CT molecular complexity index is 17.1. The van der Waals surface area contributed by atoms with E-state index in [1.807, 2.05) is 0 Å². The molecular formula is CH2FeNiO2. The van der Waals surface area contributed by atoms with Gasteiger partial charge < -0.3 is 5.11 Å². The number of carboxylic acid groups (broad SMARTS) is 1. The van der Waals surface area contributed by atoms with Gasteiger partial charge in [-0.1, -0.05) is 0 Å². The molecule has 0 saturated heterocycles. The van der Waals surface area contributed by atoms with Gasteiger partial charge in [0.1, 0.15) is 0 Å². The SMILES string of the molecule is O=CO.[Fe].[Ni]. The largest absolute Gasteiger partial charge is 0.483 e. The predicted octanol–water partition coefficient (Wildman–Crippen LogP) is -0.304. The third-order valence-electron chi connectivity index (χ3n) is 0. The van der Waals surface area contributed by atoms with E-state index >= 15 is 0 Å². The van der Waals surface area contributed by atoms with E-state index in [-0.39, 0.29) is 40.0 Å². The molecule has 1 N–H and O–H groups in total. The van der Waals surface area contributed by atoms with Crippen LogP contribution in [0, 0.1) is 0 Å². The maximum atomic E-state index is 8.36. The molecule has 5 heavy (non-hydrogen) atoms. The predicted molar refractivity (Wildman–Crippen MR) is 8.69 cm³/mol. The molecule has 0 saturated carbocycles. The molecular weight excluding hydrogens is 159 g/mol. The molecule has 0 radical (unpaired) electrons. The van der Waals surface area contributed by atoms with Crippen molar-refractivity contribution in [2.24, 2.45) is 0 Å². The van der Waals surface area contributed by atoms with Crippen LogP contribution in [-0.2, 0) is 38.4 Å². The van der Waals surface area contributed by atoms with Crippen molar-refractivity contribution >= 4 is 6.47 Å². The second-order valence-electron chi connectivity index (χ2n) is 0.105. The molecule has 0 aromatic carbocycles. The standard InChI is InChI=1S/CH2O2.Fe.Ni/c2-1-3;;/h1H,(H,2,3);;. The third-order valence-corrected chi connectivity index (χ3v) is 0. The molecule has 4 heteroatoms. The van der Waals surface area contributed by atoms with Gasteiger partial charge in [-0.2, -0.15) is 0 Å². The fourth-order valence-corrected chi connectivity index (χ4v) is 0. The van der Waals surface area contributed by atoms with Crippen molar-refractivity contribution in [1.29, 1.82) is 0 Å². The maximum absolute atomic E-state index is 8.36. The van der Waals surface area contributed by atoms with Crippen molar-refractivity contribution in [3.63, 3.8) is 0 Å². The molecule has 0 aliphatic carbocycles. The minimum atomic E-state index is -0.250. The summed E-state index contributed by atoms with van der Waals surface area (Å²) in [6, 6.07) is 0. The topological polar surface area (TPSA) is 37.3 Å². The normalized spacial score (nSPS) is 2.40. The van der Waals surface area contributed by atoms with Gasteiger partial charge in [0.2, 0.25) is 0 Å². The van der Waals surface area contributed by atoms with Crippen molar-refractivity contribution in [1.82, 2.24) is 0 Å². The monoisotopic (exact) mass is 160 g/mol. The Balaban J connectivity index is -0.0000000200. The average molecular weight is 161 g/mol. The van der Waals surface area contributed by atoms with Crippen LogP contribution in [0.25, 0.3) is 0 Å². The zero-order chi connectivity index (χ0) is 2.71. The summed E-state index contributed by atoms with van der Waals surface area (Å²) in [6.07, 6.45) is 0. The Hall–Kier alpha value is 0.483. The van der Waals surface area contributed by atoms with Crippen LogP contribution in [0.2, 0.25) is 0 Å². The molecule has 0 heterocycles. The summed E-state index contributed by atoms with van der Waals surface area (Å²) in [5, 5.41) is 6.89. The first kappa shape index (κ1) is 17.9. The van der Waals surface area contributed by atoms with E-state index in [1.165, 1.54) is 0 Å². The first-order valence-corrected chi connectivity index (χ1v) is 0.494. The molecule has 0 bridgehead atoms. The number of carbonyl (C=O) groups is 1. The van der Waals surface area contributed by atoms with Crippen LogP contribution in [0.5, 0.6) is 0 Å². The van der Waals surface area contributed by atoms with Crippen molar-refractivity contribution in [3.05, 3.63) is 0 Å². The average Bonchev–Trinajstić information content (AvgIpc) is 0.918. The minimum Gasteiger partial charge on any atom is -0.483 e. The number of rotatable bonds is 0. The smallest absolute Gasteiger partial charge is 0.290 e. The quantitative estimate of drug-likeness (QED) is 0.390. The third kappa shape index (κ3) is 118. The molecule has 0 spiro atoms. The molecule has 0 aromatic heterocycles. The summed E-state index contributed by atoms with van der Waals surface area (Å²) in [6.45, 7) is -0.250. The van der Waals surface area contributed by atoms with E-state index in [4.69, 9.17) is 9.90 Å². The van der Waals surface area contributed by atoms with Gasteiger partial charge in [0, 0.05) is 33.6 Å². The van der Waals surface area contributed by atoms with Crippen LogP contribution in [-0.4, -0.2) is 11.6 Å². The van der Waals surface area contributed by atoms with E-state index in [0.29, 0.717) is 0 Å². The molecule has 0 amide bonds. The summed E-state index contributed by atoms with van der Waals surface area (Å²) < 4.78 is 0. The fourth-order valence-electron chi connectivity index (χ4n) is 0. The van der Waals surface area contributed by atoms with Gasteiger partial charge in [0.15, 0.2) is 0 Å². The Kier molecular flexibility index (Phi) is 88.4. The van der Waals surface area contributed by atoms with Crippen LogP contribution in [0.3, 0.4) is 0 Å². The van der Waals surface area contributed by atoms with E-state index in [0.717, 1.165) is 0 Å². The summed E-state index contributed by atoms with van der Waals surface area (Å²) >= 11 is 0.